The van der Waals surface area contributed by atoms with Gasteiger partial charge in [-0.25, -0.2) is 4.99 Å². The maximum atomic E-state index is 10.4. The van der Waals surface area contributed by atoms with Crippen LogP contribution in [0.25, 0.3) is 0 Å². The van der Waals surface area contributed by atoms with Crippen molar-refractivity contribution in [2.24, 2.45) is 12.0 Å². The molecule has 1 fully saturated rings. The van der Waals surface area contributed by atoms with Gasteiger partial charge in [0.15, 0.2) is 11.8 Å². The molecule has 1 aliphatic rings. The standard InChI is InChI=1S/C18H27ClN6OS.HI/c1-12-23-24-17(25(12)2)11-21-18(22-13-6-4-3-5-7-13)20-10-14(26)15-8-9-16(19)27-15;/h8-9,13-14,26H,3-7,10-11H2,1-2H3,(H2,20,21,22);1H. The van der Waals surface area contributed by atoms with Crippen LogP contribution in [0.2, 0.25) is 4.34 Å². The molecule has 0 amide bonds. The molecule has 0 saturated heterocycles. The highest BCUT2D eigenvalue weighted by Gasteiger charge is 2.17. The van der Waals surface area contributed by atoms with E-state index in [9.17, 15) is 5.11 Å². The van der Waals surface area contributed by atoms with E-state index in [0.717, 1.165) is 29.4 Å². The number of hydrogen-bond acceptors (Lipinski definition) is 5. The molecule has 10 heteroatoms. The number of nitrogens with one attached hydrogen (secondary N) is 2. The Balaban J connectivity index is 0.00000280. The second-order valence-corrected chi connectivity index (χ2v) is 8.65. The van der Waals surface area contributed by atoms with Gasteiger partial charge in [-0.3, -0.25) is 0 Å². The normalized spacial score (nSPS) is 16.5. The van der Waals surface area contributed by atoms with Crippen molar-refractivity contribution in [3.63, 3.8) is 0 Å². The van der Waals surface area contributed by atoms with Crippen LogP contribution in [0, 0.1) is 6.92 Å². The molecule has 28 heavy (non-hydrogen) atoms. The summed E-state index contributed by atoms with van der Waals surface area (Å²) in [5.74, 6) is 2.37. The average molecular weight is 539 g/mol. The molecule has 2 aromatic heterocycles. The van der Waals surface area contributed by atoms with Crippen LogP contribution in [-0.4, -0.2) is 38.4 Å². The lowest BCUT2D eigenvalue weighted by Crippen LogP contribution is -2.45. The van der Waals surface area contributed by atoms with Gasteiger partial charge in [0.2, 0.25) is 0 Å². The van der Waals surface area contributed by atoms with Gasteiger partial charge in [0.1, 0.15) is 18.5 Å². The van der Waals surface area contributed by atoms with E-state index in [1.165, 1.54) is 30.6 Å². The van der Waals surface area contributed by atoms with Gasteiger partial charge in [0.05, 0.1) is 4.34 Å². The first-order valence-electron chi connectivity index (χ1n) is 9.36. The predicted octanol–water partition coefficient (Wildman–Crippen LogP) is 3.56. The van der Waals surface area contributed by atoms with Crippen molar-refractivity contribution in [1.29, 1.82) is 0 Å². The molecule has 2 aromatic rings. The zero-order valence-corrected chi connectivity index (χ0v) is 20.1. The first-order chi connectivity index (χ1) is 13.0. The van der Waals surface area contributed by atoms with Crippen molar-refractivity contribution >= 4 is 52.9 Å². The molecule has 0 spiro atoms. The summed E-state index contributed by atoms with van der Waals surface area (Å²) in [7, 11) is 1.94. The fourth-order valence-corrected chi connectivity index (χ4v) is 4.18. The van der Waals surface area contributed by atoms with E-state index in [-0.39, 0.29) is 24.0 Å². The minimum Gasteiger partial charge on any atom is -0.386 e. The Morgan fingerprint density at radius 2 is 2.11 bits per heavy atom. The fourth-order valence-electron chi connectivity index (χ4n) is 3.13. The molecule has 156 valence electrons. The lowest BCUT2D eigenvalue weighted by atomic mass is 9.96. The van der Waals surface area contributed by atoms with Gasteiger partial charge in [0.25, 0.3) is 0 Å². The fraction of sp³-hybridized carbons (Fsp3) is 0.611. The smallest absolute Gasteiger partial charge is 0.192 e. The molecule has 7 nitrogen and oxygen atoms in total. The Morgan fingerprint density at radius 1 is 1.36 bits per heavy atom. The van der Waals surface area contributed by atoms with E-state index >= 15 is 0 Å². The van der Waals surface area contributed by atoms with Crippen LogP contribution in [0.15, 0.2) is 17.1 Å². The van der Waals surface area contributed by atoms with Crippen LogP contribution < -0.4 is 10.6 Å². The Kier molecular flexibility index (Phi) is 9.45. The molecule has 0 bridgehead atoms. The first kappa shape index (κ1) is 23.4. The number of halogens is 2. The average Bonchev–Trinajstić information content (AvgIpc) is 3.24. The van der Waals surface area contributed by atoms with E-state index in [4.69, 9.17) is 11.6 Å². The SMILES string of the molecule is Cc1nnc(CN=C(NCC(O)c2ccc(Cl)s2)NC2CCCCC2)n1C.I. The van der Waals surface area contributed by atoms with Crippen LogP contribution in [-0.2, 0) is 13.6 Å². The number of aryl methyl sites for hydroxylation is 1. The minimum atomic E-state index is -0.627. The molecule has 2 heterocycles. The Labute approximate surface area is 192 Å². The predicted molar refractivity (Wildman–Crippen MR) is 125 cm³/mol. The van der Waals surface area contributed by atoms with Crippen LogP contribution in [0.3, 0.4) is 0 Å². The van der Waals surface area contributed by atoms with Gasteiger partial charge < -0.3 is 20.3 Å². The summed E-state index contributed by atoms with van der Waals surface area (Å²) >= 11 is 7.36. The quantitative estimate of drug-likeness (QED) is 0.297. The zero-order chi connectivity index (χ0) is 19.2. The summed E-state index contributed by atoms with van der Waals surface area (Å²) in [5, 5.41) is 25.4. The molecule has 0 aliphatic heterocycles. The number of thiophene rings is 1. The third-order valence-corrected chi connectivity index (χ3v) is 6.22. The van der Waals surface area contributed by atoms with E-state index < -0.39 is 6.10 Å². The van der Waals surface area contributed by atoms with Gasteiger partial charge in [-0.05, 0) is 31.9 Å². The molecule has 1 aliphatic carbocycles. The molecule has 1 saturated carbocycles. The van der Waals surface area contributed by atoms with Crippen molar-refractivity contribution in [3.8, 4) is 0 Å². The summed E-state index contributed by atoms with van der Waals surface area (Å²) in [6, 6.07) is 4.07. The van der Waals surface area contributed by atoms with E-state index in [1.807, 2.05) is 24.6 Å². The third-order valence-electron chi connectivity index (χ3n) is 4.89. The van der Waals surface area contributed by atoms with Crippen molar-refractivity contribution in [2.45, 2.75) is 57.7 Å². The summed E-state index contributed by atoms with van der Waals surface area (Å²) in [4.78, 5) is 5.51. The maximum absolute atomic E-state index is 10.4. The largest absolute Gasteiger partial charge is 0.386 e. The molecule has 1 unspecified atom stereocenters. The zero-order valence-electron chi connectivity index (χ0n) is 16.2. The molecule has 1 atom stereocenters. The molecular formula is C18H28ClIN6OS. The van der Waals surface area contributed by atoms with Crippen molar-refractivity contribution in [2.75, 3.05) is 6.54 Å². The second-order valence-electron chi connectivity index (χ2n) is 6.91. The summed E-state index contributed by atoms with van der Waals surface area (Å²) in [6.45, 7) is 2.72. The third kappa shape index (κ3) is 6.57. The molecule has 3 N–H and O–H groups in total. The van der Waals surface area contributed by atoms with Crippen molar-refractivity contribution < 1.29 is 5.11 Å². The maximum Gasteiger partial charge on any atom is 0.192 e. The summed E-state index contributed by atoms with van der Waals surface area (Å²) < 4.78 is 2.61. The van der Waals surface area contributed by atoms with Crippen molar-refractivity contribution in [1.82, 2.24) is 25.4 Å². The topological polar surface area (TPSA) is 87.4 Å². The Morgan fingerprint density at radius 3 is 2.71 bits per heavy atom. The van der Waals surface area contributed by atoms with Crippen LogP contribution >= 0.6 is 46.9 Å². The van der Waals surface area contributed by atoms with Crippen LogP contribution in [0.1, 0.15) is 54.7 Å². The highest BCUT2D eigenvalue weighted by atomic mass is 127. The number of aromatic nitrogens is 3. The number of hydrogen-bond donors (Lipinski definition) is 3. The lowest BCUT2D eigenvalue weighted by Gasteiger charge is -2.25. The Bertz CT molecular complexity index is 774. The first-order valence-corrected chi connectivity index (χ1v) is 10.6. The van der Waals surface area contributed by atoms with E-state index in [1.54, 1.807) is 6.07 Å². The second kappa shape index (κ2) is 11.3. The molecule has 3 rings (SSSR count). The van der Waals surface area contributed by atoms with E-state index in [2.05, 4.69) is 25.8 Å². The Hall–Kier alpha value is -0.910. The number of rotatable bonds is 6. The van der Waals surface area contributed by atoms with Gasteiger partial charge in [-0.1, -0.05) is 30.9 Å². The molecule has 0 aromatic carbocycles. The number of aliphatic hydroxyl groups is 1. The summed E-state index contributed by atoms with van der Waals surface area (Å²) in [5.41, 5.74) is 0. The highest BCUT2D eigenvalue weighted by Crippen LogP contribution is 2.26. The van der Waals surface area contributed by atoms with E-state index in [0.29, 0.717) is 29.4 Å². The van der Waals surface area contributed by atoms with Gasteiger partial charge in [0, 0.05) is 24.5 Å². The molecule has 0 radical (unpaired) electrons. The van der Waals surface area contributed by atoms with Gasteiger partial charge in [-0.15, -0.1) is 45.5 Å². The number of aliphatic hydroxyl groups excluding tert-OH is 1. The van der Waals surface area contributed by atoms with Crippen LogP contribution in [0.5, 0.6) is 0 Å². The number of aliphatic imine (C=N–C) groups is 1. The van der Waals surface area contributed by atoms with Gasteiger partial charge >= 0.3 is 0 Å². The monoisotopic (exact) mass is 538 g/mol. The summed E-state index contributed by atoms with van der Waals surface area (Å²) in [6.07, 6.45) is 5.44. The van der Waals surface area contributed by atoms with Gasteiger partial charge in [-0.2, -0.15) is 0 Å². The lowest BCUT2D eigenvalue weighted by molar-refractivity contribution is 0.184. The molecular weight excluding hydrogens is 511 g/mol. The number of nitrogens with zero attached hydrogens (tertiary/aromatic N) is 4. The van der Waals surface area contributed by atoms with Crippen LogP contribution in [0.4, 0.5) is 0 Å². The minimum absolute atomic E-state index is 0. The number of guanidine groups is 1. The van der Waals surface area contributed by atoms with Crippen molar-refractivity contribution in [3.05, 3.63) is 33.0 Å². The highest BCUT2D eigenvalue weighted by molar-refractivity contribution is 14.0.